The summed E-state index contributed by atoms with van der Waals surface area (Å²) >= 11 is 12.4. The van der Waals surface area contributed by atoms with Crippen LogP contribution in [0, 0.1) is 0 Å². The van der Waals surface area contributed by atoms with E-state index < -0.39 is 5.97 Å². The number of anilines is 1. The largest absolute Gasteiger partial charge is 0.465 e. The predicted octanol–water partition coefficient (Wildman–Crippen LogP) is 5.61. The first-order valence-corrected chi connectivity index (χ1v) is 10.1. The lowest BCUT2D eigenvalue weighted by molar-refractivity contribution is -0.113. The molecule has 7 heteroatoms. The van der Waals surface area contributed by atoms with Crippen molar-refractivity contribution in [2.75, 3.05) is 12.0 Å². The quantitative estimate of drug-likeness (QED) is 0.383. The molecule has 0 aliphatic carbocycles. The van der Waals surface area contributed by atoms with Gasteiger partial charge in [-0.2, -0.15) is 0 Å². The number of amidine groups is 1. The van der Waals surface area contributed by atoms with E-state index in [-0.39, 0.29) is 11.6 Å². The Kier molecular flexibility index (Phi) is 5.89. The molecular weight excluding hydrogens is 435 g/mol. The van der Waals surface area contributed by atoms with E-state index in [1.54, 1.807) is 60.7 Å². The Morgan fingerprint density at radius 1 is 0.968 bits per heavy atom. The van der Waals surface area contributed by atoms with Crippen LogP contribution in [-0.4, -0.2) is 24.8 Å². The number of nitrogens with zero attached hydrogens (tertiary/aromatic N) is 2. The van der Waals surface area contributed by atoms with Crippen LogP contribution >= 0.6 is 23.2 Å². The van der Waals surface area contributed by atoms with Crippen molar-refractivity contribution in [3.8, 4) is 0 Å². The number of carbonyl (C=O) groups excluding carboxylic acids is 2. The smallest absolute Gasteiger partial charge is 0.337 e. The maximum Gasteiger partial charge on any atom is 0.337 e. The van der Waals surface area contributed by atoms with Crippen molar-refractivity contribution in [2.45, 2.75) is 0 Å². The van der Waals surface area contributed by atoms with Gasteiger partial charge in [0, 0.05) is 10.6 Å². The lowest BCUT2D eigenvalue weighted by atomic mass is 10.1. The zero-order valence-corrected chi connectivity index (χ0v) is 17.9. The monoisotopic (exact) mass is 450 g/mol. The molecule has 4 rings (SSSR count). The number of esters is 1. The summed E-state index contributed by atoms with van der Waals surface area (Å²) in [5, 5.41) is 1.05. The van der Waals surface area contributed by atoms with Crippen LogP contribution in [0.25, 0.3) is 6.08 Å². The molecule has 154 valence electrons. The topological polar surface area (TPSA) is 59.0 Å². The van der Waals surface area contributed by atoms with Gasteiger partial charge in [0.05, 0.1) is 23.4 Å². The van der Waals surface area contributed by atoms with Crippen molar-refractivity contribution in [2.24, 2.45) is 4.99 Å². The first-order valence-electron chi connectivity index (χ1n) is 9.31. The molecule has 0 fully saturated rings. The van der Waals surface area contributed by atoms with Crippen LogP contribution < -0.4 is 4.90 Å². The summed E-state index contributed by atoms with van der Waals surface area (Å²) in [4.78, 5) is 31.0. The van der Waals surface area contributed by atoms with Gasteiger partial charge in [0.25, 0.3) is 5.91 Å². The van der Waals surface area contributed by atoms with Gasteiger partial charge in [-0.25, -0.2) is 9.79 Å². The van der Waals surface area contributed by atoms with Crippen molar-refractivity contribution >= 4 is 52.7 Å². The number of amides is 1. The van der Waals surface area contributed by atoms with Crippen LogP contribution in [0.3, 0.4) is 0 Å². The van der Waals surface area contributed by atoms with Crippen LogP contribution in [0.2, 0.25) is 10.0 Å². The number of rotatable bonds is 4. The van der Waals surface area contributed by atoms with Crippen molar-refractivity contribution in [1.29, 1.82) is 0 Å². The second kappa shape index (κ2) is 8.76. The summed E-state index contributed by atoms with van der Waals surface area (Å²) in [6, 6.07) is 20.8. The highest BCUT2D eigenvalue weighted by Crippen LogP contribution is 2.31. The van der Waals surface area contributed by atoms with E-state index in [4.69, 9.17) is 27.9 Å². The number of ether oxygens (including phenoxy) is 1. The molecule has 1 heterocycles. The molecule has 0 radical (unpaired) electrons. The molecule has 3 aromatic carbocycles. The number of carbonyl (C=O) groups is 2. The van der Waals surface area contributed by atoms with Gasteiger partial charge in [-0.05, 0) is 60.2 Å². The van der Waals surface area contributed by atoms with Crippen LogP contribution in [0.4, 0.5) is 5.69 Å². The molecule has 1 aliphatic rings. The predicted molar refractivity (Wildman–Crippen MR) is 123 cm³/mol. The number of aliphatic imine (C=N–C) groups is 1. The fourth-order valence-corrected chi connectivity index (χ4v) is 3.51. The molecule has 1 aliphatic heterocycles. The van der Waals surface area contributed by atoms with E-state index in [1.807, 2.05) is 18.2 Å². The van der Waals surface area contributed by atoms with Gasteiger partial charge in [0.2, 0.25) is 0 Å². The first kappa shape index (κ1) is 20.8. The highest BCUT2D eigenvalue weighted by molar-refractivity contribution is 6.39. The van der Waals surface area contributed by atoms with Gasteiger partial charge in [0.1, 0.15) is 11.5 Å². The Labute approximate surface area is 189 Å². The second-order valence-corrected chi connectivity index (χ2v) is 7.52. The SMILES string of the molecule is COC(=O)c1ccc(/C=C2/N=C(c3ccccc3Cl)N(c3ccc(Cl)cc3)C2=O)cc1. The summed E-state index contributed by atoms with van der Waals surface area (Å²) in [6.07, 6.45) is 1.66. The van der Waals surface area contributed by atoms with Crippen LogP contribution in [0.5, 0.6) is 0 Å². The molecule has 3 aromatic rings. The molecule has 0 spiro atoms. The van der Waals surface area contributed by atoms with Crippen molar-refractivity contribution < 1.29 is 14.3 Å². The fraction of sp³-hybridized carbons (Fsp3) is 0.0417. The Morgan fingerprint density at radius 2 is 1.65 bits per heavy atom. The van der Waals surface area contributed by atoms with Crippen molar-refractivity contribution in [1.82, 2.24) is 0 Å². The zero-order valence-electron chi connectivity index (χ0n) is 16.4. The minimum absolute atomic E-state index is 0.246. The van der Waals surface area contributed by atoms with Crippen LogP contribution in [0.1, 0.15) is 21.5 Å². The highest BCUT2D eigenvalue weighted by atomic mass is 35.5. The van der Waals surface area contributed by atoms with Crippen molar-refractivity contribution in [3.05, 3.63) is 105 Å². The molecule has 0 saturated carbocycles. The number of benzene rings is 3. The minimum Gasteiger partial charge on any atom is -0.465 e. The Bertz CT molecular complexity index is 1220. The standard InChI is InChI=1S/C24H16Cl2N2O3/c1-31-24(30)16-8-6-15(7-9-16)14-21-23(29)28(18-12-10-17(25)11-13-18)22(27-21)19-4-2-3-5-20(19)26/h2-14H,1H3/b21-14+. The van der Waals surface area contributed by atoms with E-state index in [0.29, 0.717) is 32.7 Å². The van der Waals surface area contributed by atoms with Crippen LogP contribution in [-0.2, 0) is 9.53 Å². The summed E-state index contributed by atoms with van der Waals surface area (Å²) in [7, 11) is 1.33. The molecule has 0 atom stereocenters. The molecule has 0 unspecified atom stereocenters. The summed E-state index contributed by atoms with van der Waals surface area (Å²) < 4.78 is 4.71. The number of hydrogen-bond donors (Lipinski definition) is 0. The summed E-state index contributed by atoms with van der Waals surface area (Å²) in [5.74, 6) is -0.297. The van der Waals surface area contributed by atoms with E-state index in [1.165, 1.54) is 12.0 Å². The van der Waals surface area contributed by atoms with Gasteiger partial charge in [0.15, 0.2) is 0 Å². The maximum absolute atomic E-state index is 13.3. The van der Waals surface area contributed by atoms with E-state index in [2.05, 4.69) is 4.99 Å². The van der Waals surface area contributed by atoms with E-state index >= 15 is 0 Å². The molecule has 0 aromatic heterocycles. The second-order valence-electron chi connectivity index (χ2n) is 6.68. The summed E-state index contributed by atoms with van der Waals surface area (Å²) in [5.41, 5.74) is 2.65. The Hall–Kier alpha value is -3.41. The first-order chi connectivity index (χ1) is 15.0. The average molecular weight is 451 g/mol. The Morgan fingerprint density at radius 3 is 2.29 bits per heavy atom. The molecular formula is C24H16Cl2N2O3. The fourth-order valence-electron chi connectivity index (χ4n) is 3.16. The normalized spacial score (nSPS) is 14.7. The molecule has 1 amide bonds. The zero-order chi connectivity index (χ0) is 22.0. The van der Waals surface area contributed by atoms with E-state index in [9.17, 15) is 9.59 Å². The third-order valence-electron chi connectivity index (χ3n) is 4.70. The average Bonchev–Trinajstić information content (AvgIpc) is 3.10. The minimum atomic E-state index is -0.427. The third kappa shape index (κ3) is 4.24. The van der Waals surface area contributed by atoms with Gasteiger partial charge in [-0.1, -0.05) is 47.5 Å². The molecule has 31 heavy (non-hydrogen) atoms. The van der Waals surface area contributed by atoms with Crippen LogP contribution in [0.15, 0.2) is 83.5 Å². The molecule has 0 bridgehead atoms. The third-order valence-corrected chi connectivity index (χ3v) is 5.28. The number of hydrogen-bond acceptors (Lipinski definition) is 4. The lowest BCUT2D eigenvalue weighted by Crippen LogP contribution is -2.32. The van der Waals surface area contributed by atoms with Crippen molar-refractivity contribution in [3.63, 3.8) is 0 Å². The number of halogens is 2. The summed E-state index contributed by atoms with van der Waals surface area (Å²) in [6.45, 7) is 0. The van der Waals surface area contributed by atoms with E-state index in [0.717, 1.165) is 5.56 Å². The van der Waals surface area contributed by atoms with Gasteiger partial charge >= 0.3 is 5.97 Å². The highest BCUT2D eigenvalue weighted by Gasteiger charge is 2.33. The van der Waals surface area contributed by atoms with Gasteiger partial charge in [-0.15, -0.1) is 0 Å². The molecule has 0 N–H and O–H groups in total. The lowest BCUT2D eigenvalue weighted by Gasteiger charge is -2.19. The molecule has 5 nitrogen and oxygen atoms in total. The Balaban J connectivity index is 1.78. The van der Waals surface area contributed by atoms with Gasteiger partial charge in [-0.3, -0.25) is 9.69 Å². The maximum atomic E-state index is 13.3. The molecule has 0 saturated heterocycles. The van der Waals surface area contributed by atoms with Gasteiger partial charge < -0.3 is 4.74 Å². The number of methoxy groups -OCH3 is 1.